The van der Waals surface area contributed by atoms with E-state index >= 15 is 0 Å². The van der Waals surface area contributed by atoms with Gasteiger partial charge in [0.15, 0.2) is 11.6 Å². The van der Waals surface area contributed by atoms with Crippen LogP contribution in [-0.2, 0) is 0 Å². The molecule has 2 rings (SSSR count). The lowest BCUT2D eigenvalue weighted by atomic mass is 9.98. The summed E-state index contributed by atoms with van der Waals surface area (Å²) in [6.45, 7) is 6.12. The maximum absolute atomic E-state index is 13.8. The zero-order chi connectivity index (χ0) is 15.6. The number of carboxylic acids is 1. The highest BCUT2D eigenvalue weighted by atomic mass is 19.1. The molecule has 0 bridgehead atoms. The van der Waals surface area contributed by atoms with Crippen LogP contribution in [0.25, 0.3) is 0 Å². The number of rotatable bonds is 4. The second-order valence-corrected chi connectivity index (χ2v) is 5.20. The molecule has 0 unspecified atom stereocenters. The van der Waals surface area contributed by atoms with Crippen molar-refractivity contribution in [3.8, 4) is 11.5 Å². The van der Waals surface area contributed by atoms with E-state index in [1.165, 1.54) is 23.8 Å². The van der Waals surface area contributed by atoms with E-state index in [-0.39, 0.29) is 11.3 Å². The van der Waals surface area contributed by atoms with Crippen LogP contribution in [0.5, 0.6) is 11.5 Å². The van der Waals surface area contributed by atoms with E-state index in [0.29, 0.717) is 11.7 Å². The lowest BCUT2D eigenvalue weighted by Crippen LogP contribution is -2.02. The highest BCUT2D eigenvalue weighted by molar-refractivity contribution is 5.91. The van der Waals surface area contributed by atoms with Crippen molar-refractivity contribution in [3.05, 3.63) is 58.9 Å². The smallest absolute Gasteiger partial charge is 0.339 e. The van der Waals surface area contributed by atoms with Gasteiger partial charge in [0.2, 0.25) is 0 Å². The molecule has 0 aliphatic heterocycles. The van der Waals surface area contributed by atoms with Crippen molar-refractivity contribution in [1.82, 2.24) is 0 Å². The van der Waals surface area contributed by atoms with Crippen LogP contribution in [0.1, 0.15) is 41.3 Å². The minimum absolute atomic E-state index is 0.194. The Hall–Kier alpha value is -2.36. The third-order valence-corrected chi connectivity index (χ3v) is 3.28. The summed E-state index contributed by atoms with van der Waals surface area (Å²) in [6, 6.07) is 9.26. The minimum Gasteiger partial charge on any atom is -0.478 e. The van der Waals surface area contributed by atoms with E-state index in [2.05, 4.69) is 13.8 Å². The monoisotopic (exact) mass is 288 g/mol. The molecule has 0 saturated heterocycles. The number of aromatic carboxylic acids is 1. The summed E-state index contributed by atoms with van der Waals surface area (Å²) in [5.41, 5.74) is 2.01. The molecule has 110 valence electrons. The highest BCUT2D eigenvalue weighted by Gasteiger charge is 2.17. The Morgan fingerprint density at radius 1 is 1.24 bits per heavy atom. The van der Waals surface area contributed by atoms with Gasteiger partial charge in [-0.2, -0.15) is 0 Å². The van der Waals surface area contributed by atoms with Crippen LogP contribution in [0.2, 0.25) is 0 Å². The van der Waals surface area contributed by atoms with Gasteiger partial charge < -0.3 is 9.84 Å². The summed E-state index contributed by atoms with van der Waals surface area (Å²) in [5.74, 6) is -1.38. The second kappa shape index (κ2) is 5.95. The first-order chi connectivity index (χ1) is 9.90. The zero-order valence-electron chi connectivity index (χ0n) is 12.2. The molecule has 3 nitrogen and oxygen atoms in total. The molecule has 21 heavy (non-hydrogen) atoms. The van der Waals surface area contributed by atoms with E-state index in [4.69, 9.17) is 9.84 Å². The molecule has 1 N–H and O–H groups in total. The van der Waals surface area contributed by atoms with E-state index in [1.54, 1.807) is 12.1 Å². The SMILES string of the molecule is Cc1cc(Oc2c(F)cccc2C(=O)O)ccc1C(C)C. The largest absolute Gasteiger partial charge is 0.478 e. The summed E-state index contributed by atoms with van der Waals surface area (Å²) in [7, 11) is 0. The Kier molecular flexibility index (Phi) is 4.26. The van der Waals surface area contributed by atoms with Gasteiger partial charge >= 0.3 is 5.97 Å². The lowest BCUT2D eigenvalue weighted by molar-refractivity contribution is 0.0693. The van der Waals surface area contributed by atoms with Crippen LogP contribution >= 0.6 is 0 Å². The number of hydrogen-bond donors (Lipinski definition) is 1. The fourth-order valence-corrected chi connectivity index (χ4v) is 2.26. The minimum atomic E-state index is -1.22. The quantitative estimate of drug-likeness (QED) is 0.883. The summed E-state index contributed by atoms with van der Waals surface area (Å²) in [4.78, 5) is 11.1. The molecule has 0 fully saturated rings. The number of carboxylic acid groups (broad SMARTS) is 1. The van der Waals surface area contributed by atoms with E-state index in [9.17, 15) is 9.18 Å². The summed E-state index contributed by atoms with van der Waals surface area (Å²) < 4.78 is 19.3. The van der Waals surface area contributed by atoms with Crippen molar-refractivity contribution < 1.29 is 19.0 Å². The zero-order valence-corrected chi connectivity index (χ0v) is 12.2. The normalized spacial score (nSPS) is 10.7. The van der Waals surface area contributed by atoms with Crippen molar-refractivity contribution in [3.63, 3.8) is 0 Å². The first-order valence-electron chi connectivity index (χ1n) is 6.70. The van der Waals surface area contributed by atoms with Gasteiger partial charge in [-0.25, -0.2) is 9.18 Å². The van der Waals surface area contributed by atoms with E-state index < -0.39 is 11.8 Å². The topological polar surface area (TPSA) is 46.5 Å². The highest BCUT2D eigenvalue weighted by Crippen LogP contribution is 2.31. The number of hydrogen-bond acceptors (Lipinski definition) is 2. The fourth-order valence-electron chi connectivity index (χ4n) is 2.26. The Balaban J connectivity index is 2.39. The number of aryl methyl sites for hydroxylation is 1. The molecule has 0 aliphatic carbocycles. The van der Waals surface area contributed by atoms with Gasteiger partial charge in [-0.3, -0.25) is 0 Å². The molecule has 0 radical (unpaired) electrons. The number of benzene rings is 2. The first-order valence-corrected chi connectivity index (χ1v) is 6.70. The molecule has 0 spiro atoms. The average molecular weight is 288 g/mol. The average Bonchev–Trinajstić information content (AvgIpc) is 2.40. The number of ether oxygens (including phenoxy) is 1. The van der Waals surface area contributed by atoms with Gasteiger partial charge in [-0.05, 0) is 48.2 Å². The Labute approximate surface area is 123 Å². The molecule has 0 atom stereocenters. The standard InChI is InChI=1S/C17H17FO3/c1-10(2)13-8-7-12(9-11(13)3)21-16-14(17(19)20)5-4-6-15(16)18/h4-10H,1-3H3,(H,19,20). The third-order valence-electron chi connectivity index (χ3n) is 3.28. The van der Waals surface area contributed by atoms with Gasteiger partial charge in [0, 0.05) is 0 Å². The van der Waals surface area contributed by atoms with Gasteiger partial charge in [0.1, 0.15) is 11.3 Å². The van der Waals surface area contributed by atoms with Gasteiger partial charge in [-0.1, -0.05) is 26.0 Å². The second-order valence-electron chi connectivity index (χ2n) is 5.20. The molecule has 2 aromatic rings. The van der Waals surface area contributed by atoms with E-state index in [0.717, 1.165) is 5.56 Å². The van der Waals surface area contributed by atoms with Crippen LogP contribution < -0.4 is 4.74 Å². The van der Waals surface area contributed by atoms with Crippen molar-refractivity contribution >= 4 is 5.97 Å². The molecule has 0 aromatic heterocycles. The predicted molar refractivity (Wildman–Crippen MR) is 78.7 cm³/mol. The summed E-state index contributed by atoms with van der Waals surface area (Å²) >= 11 is 0. The van der Waals surface area contributed by atoms with Gasteiger partial charge in [-0.15, -0.1) is 0 Å². The molecule has 2 aromatic carbocycles. The molecule has 0 saturated carbocycles. The maximum Gasteiger partial charge on any atom is 0.339 e. The number of carbonyl (C=O) groups is 1. The maximum atomic E-state index is 13.8. The Bertz CT molecular complexity index is 678. The van der Waals surface area contributed by atoms with Crippen molar-refractivity contribution in [2.45, 2.75) is 26.7 Å². The first kappa shape index (κ1) is 15.0. The molecular weight excluding hydrogens is 271 g/mol. The summed E-state index contributed by atoms with van der Waals surface area (Å²) in [6.07, 6.45) is 0. The van der Waals surface area contributed by atoms with Crippen LogP contribution in [0.3, 0.4) is 0 Å². The number of halogens is 1. The van der Waals surface area contributed by atoms with Gasteiger partial charge in [0.05, 0.1) is 0 Å². The lowest BCUT2D eigenvalue weighted by Gasteiger charge is -2.13. The fraction of sp³-hybridized carbons (Fsp3) is 0.235. The van der Waals surface area contributed by atoms with Crippen LogP contribution in [0.15, 0.2) is 36.4 Å². The molecule has 0 heterocycles. The van der Waals surface area contributed by atoms with E-state index in [1.807, 2.05) is 13.0 Å². The van der Waals surface area contributed by atoms with Crippen molar-refractivity contribution in [1.29, 1.82) is 0 Å². The summed E-state index contributed by atoms with van der Waals surface area (Å²) in [5, 5.41) is 9.09. The molecule has 4 heteroatoms. The Morgan fingerprint density at radius 2 is 1.95 bits per heavy atom. The van der Waals surface area contributed by atoms with Crippen LogP contribution in [0.4, 0.5) is 4.39 Å². The molecule has 0 aliphatic rings. The van der Waals surface area contributed by atoms with Crippen LogP contribution in [0, 0.1) is 12.7 Å². The van der Waals surface area contributed by atoms with Crippen LogP contribution in [-0.4, -0.2) is 11.1 Å². The van der Waals surface area contributed by atoms with Crippen molar-refractivity contribution in [2.75, 3.05) is 0 Å². The third kappa shape index (κ3) is 3.21. The number of para-hydroxylation sites is 1. The van der Waals surface area contributed by atoms with Gasteiger partial charge in [0.25, 0.3) is 0 Å². The molecular formula is C17H17FO3. The molecule has 0 amide bonds. The Morgan fingerprint density at radius 3 is 2.52 bits per heavy atom. The predicted octanol–water partition coefficient (Wildman–Crippen LogP) is 4.75. The van der Waals surface area contributed by atoms with Crippen molar-refractivity contribution in [2.24, 2.45) is 0 Å².